The van der Waals surface area contributed by atoms with Gasteiger partial charge in [0.25, 0.3) is 0 Å². The summed E-state index contributed by atoms with van der Waals surface area (Å²) in [6.07, 6.45) is 0. The van der Waals surface area contributed by atoms with Gasteiger partial charge in [0.2, 0.25) is 0 Å². The molecule has 0 aliphatic rings. The van der Waals surface area contributed by atoms with Crippen molar-refractivity contribution >= 4 is 17.3 Å². The Morgan fingerprint density at radius 2 is 1.92 bits per heavy atom. The molecule has 0 radical (unpaired) electrons. The van der Waals surface area contributed by atoms with Gasteiger partial charge in [-0.15, -0.1) is 11.3 Å². The van der Waals surface area contributed by atoms with Gasteiger partial charge in [-0.1, -0.05) is 0 Å². The minimum Gasteiger partial charge on any atom is -0.508 e. The van der Waals surface area contributed by atoms with E-state index >= 15 is 0 Å². The van der Waals surface area contributed by atoms with Gasteiger partial charge in [-0.05, 0) is 36.4 Å². The molecule has 0 unspecified atom stereocenters. The number of ether oxygens (including phenoxy) is 2. The van der Waals surface area contributed by atoms with Gasteiger partial charge in [0.15, 0.2) is 0 Å². The van der Waals surface area contributed by atoms with E-state index < -0.39 is 5.97 Å². The Bertz CT molecular complexity index is 889. The SMILES string of the molecule is COc1ccc(-c2nc(COC(=O)c3ccc(O)cc3O)cs2)cc1. The van der Waals surface area contributed by atoms with Crippen LogP contribution in [0, 0.1) is 0 Å². The van der Waals surface area contributed by atoms with Crippen LogP contribution in [0.4, 0.5) is 0 Å². The van der Waals surface area contributed by atoms with E-state index in [1.165, 1.54) is 23.5 Å². The number of carbonyl (C=O) groups excluding carboxylic acids is 1. The lowest BCUT2D eigenvalue weighted by Crippen LogP contribution is -2.05. The van der Waals surface area contributed by atoms with Crippen LogP contribution < -0.4 is 4.74 Å². The molecular weight excluding hydrogens is 342 g/mol. The molecule has 0 fully saturated rings. The number of rotatable bonds is 5. The molecule has 0 atom stereocenters. The summed E-state index contributed by atoms with van der Waals surface area (Å²) in [6.45, 7) is -0.00813. The van der Waals surface area contributed by atoms with Crippen molar-refractivity contribution < 1.29 is 24.5 Å². The van der Waals surface area contributed by atoms with E-state index in [0.29, 0.717) is 5.69 Å². The van der Waals surface area contributed by atoms with Crippen molar-refractivity contribution in [3.8, 4) is 27.8 Å². The second-order valence-corrected chi connectivity index (χ2v) is 6.01. The number of carbonyl (C=O) groups is 1. The largest absolute Gasteiger partial charge is 0.508 e. The lowest BCUT2D eigenvalue weighted by Gasteiger charge is -2.05. The van der Waals surface area contributed by atoms with Crippen LogP contribution in [-0.2, 0) is 11.3 Å². The molecule has 1 aromatic heterocycles. The van der Waals surface area contributed by atoms with Gasteiger partial charge in [0.05, 0.1) is 12.8 Å². The van der Waals surface area contributed by atoms with Crippen LogP contribution in [0.15, 0.2) is 47.8 Å². The van der Waals surface area contributed by atoms with Crippen molar-refractivity contribution in [2.45, 2.75) is 6.61 Å². The Labute approximate surface area is 147 Å². The maximum Gasteiger partial charge on any atom is 0.342 e. The average molecular weight is 357 g/mol. The lowest BCUT2D eigenvalue weighted by atomic mass is 10.2. The van der Waals surface area contributed by atoms with Crippen LogP contribution in [0.1, 0.15) is 16.1 Å². The Hall–Kier alpha value is -3.06. The average Bonchev–Trinajstić information content (AvgIpc) is 3.09. The molecule has 2 aromatic carbocycles. The molecule has 128 valence electrons. The summed E-state index contributed by atoms with van der Waals surface area (Å²) in [5.74, 6) is -0.375. The molecule has 3 rings (SSSR count). The number of thiazole rings is 1. The molecule has 2 N–H and O–H groups in total. The Balaban J connectivity index is 1.66. The van der Waals surface area contributed by atoms with Crippen molar-refractivity contribution in [2.75, 3.05) is 7.11 Å². The zero-order chi connectivity index (χ0) is 17.8. The smallest absolute Gasteiger partial charge is 0.342 e. The maximum atomic E-state index is 12.0. The number of benzene rings is 2. The Morgan fingerprint density at radius 1 is 1.16 bits per heavy atom. The number of methoxy groups -OCH3 is 1. The number of aromatic hydroxyl groups is 2. The highest BCUT2D eigenvalue weighted by atomic mass is 32.1. The summed E-state index contributed by atoms with van der Waals surface area (Å²) < 4.78 is 10.3. The third-order valence-corrected chi connectivity index (χ3v) is 4.38. The second-order valence-electron chi connectivity index (χ2n) is 5.15. The fourth-order valence-electron chi connectivity index (χ4n) is 2.15. The molecule has 0 saturated carbocycles. The van der Waals surface area contributed by atoms with Gasteiger partial charge in [0.1, 0.15) is 34.4 Å². The number of phenolic OH excluding ortho intramolecular Hbond substituents is 2. The van der Waals surface area contributed by atoms with E-state index in [1.54, 1.807) is 7.11 Å². The summed E-state index contributed by atoms with van der Waals surface area (Å²) in [5, 5.41) is 21.5. The number of esters is 1. The van der Waals surface area contributed by atoms with Crippen molar-refractivity contribution in [3.63, 3.8) is 0 Å². The number of phenols is 2. The van der Waals surface area contributed by atoms with E-state index in [2.05, 4.69) is 4.98 Å². The van der Waals surface area contributed by atoms with Crippen LogP contribution in [0.3, 0.4) is 0 Å². The third kappa shape index (κ3) is 3.89. The molecule has 1 heterocycles. The van der Waals surface area contributed by atoms with E-state index in [0.717, 1.165) is 22.4 Å². The van der Waals surface area contributed by atoms with Gasteiger partial charge >= 0.3 is 5.97 Å². The third-order valence-electron chi connectivity index (χ3n) is 3.44. The van der Waals surface area contributed by atoms with Crippen LogP contribution in [0.5, 0.6) is 17.2 Å². The summed E-state index contributed by atoms with van der Waals surface area (Å²) in [7, 11) is 1.61. The van der Waals surface area contributed by atoms with Crippen molar-refractivity contribution in [1.29, 1.82) is 0 Å². The van der Waals surface area contributed by atoms with E-state index in [4.69, 9.17) is 9.47 Å². The van der Waals surface area contributed by atoms with Gasteiger partial charge in [-0.25, -0.2) is 9.78 Å². The minimum atomic E-state index is -0.684. The molecule has 0 aliphatic heterocycles. The Morgan fingerprint density at radius 3 is 2.60 bits per heavy atom. The molecule has 3 aromatic rings. The molecular formula is C18H15NO5S. The number of aromatic nitrogens is 1. The van der Waals surface area contributed by atoms with Crippen LogP contribution in [-0.4, -0.2) is 28.3 Å². The number of hydrogen-bond acceptors (Lipinski definition) is 7. The molecule has 0 bridgehead atoms. The highest BCUT2D eigenvalue weighted by molar-refractivity contribution is 7.13. The highest BCUT2D eigenvalue weighted by Gasteiger charge is 2.14. The predicted octanol–water partition coefficient (Wildman–Crippen LogP) is 3.59. The Kier molecular flexibility index (Phi) is 4.85. The van der Waals surface area contributed by atoms with E-state index in [1.807, 2.05) is 29.6 Å². The number of hydrogen-bond donors (Lipinski definition) is 2. The zero-order valence-electron chi connectivity index (χ0n) is 13.3. The molecule has 0 saturated heterocycles. The fraction of sp³-hybridized carbons (Fsp3) is 0.111. The summed E-state index contributed by atoms with van der Waals surface area (Å²) in [5.41, 5.74) is 1.55. The van der Waals surface area contributed by atoms with E-state index in [-0.39, 0.29) is 23.7 Å². The first-order valence-electron chi connectivity index (χ1n) is 7.35. The van der Waals surface area contributed by atoms with Gasteiger partial charge in [-0.2, -0.15) is 0 Å². The van der Waals surface area contributed by atoms with Gasteiger partial charge < -0.3 is 19.7 Å². The summed E-state index contributed by atoms with van der Waals surface area (Å²) >= 11 is 1.44. The summed E-state index contributed by atoms with van der Waals surface area (Å²) in [4.78, 5) is 16.4. The van der Waals surface area contributed by atoms with Gasteiger partial charge in [0, 0.05) is 17.0 Å². The standard InChI is InChI=1S/C18H15NO5S/c1-23-14-5-2-11(3-6-14)17-19-12(10-25-17)9-24-18(22)15-7-4-13(20)8-16(15)21/h2-8,10,20-21H,9H2,1H3. The number of nitrogens with zero attached hydrogens (tertiary/aromatic N) is 1. The first kappa shape index (κ1) is 16.8. The van der Waals surface area contributed by atoms with Crippen LogP contribution in [0.25, 0.3) is 10.6 Å². The first-order valence-corrected chi connectivity index (χ1v) is 8.22. The fourth-order valence-corrected chi connectivity index (χ4v) is 2.96. The zero-order valence-corrected chi connectivity index (χ0v) is 14.1. The predicted molar refractivity (Wildman–Crippen MR) is 93.0 cm³/mol. The second kappa shape index (κ2) is 7.23. The first-order chi connectivity index (χ1) is 12.1. The molecule has 0 amide bonds. The van der Waals surface area contributed by atoms with Gasteiger partial charge in [-0.3, -0.25) is 0 Å². The topological polar surface area (TPSA) is 88.9 Å². The summed E-state index contributed by atoms with van der Waals surface area (Å²) in [6, 6.07) is 11.2. The van der Waals surface area contributed by atoms with E-state index in [9.17, 15) is 15.0 Å². The minimum absolute atomic E-state index is 0.00813. The monoisotopic (exact) mass is 357 g/mol. The molecule has 0 aliphatic carbocycles. The molecule has 0 spiro atoms. The van der Waals surface area contributed by atoms with Crippen LogP contribution >= 0.6 is 11.3 Å². The quantitative estimate of drug-likeness (QED) is 0.679. The molecule has 7 heteroatoms. The molecule has 25 heavy (non-hydrogen) atoms. The maximum absolute atomic E-state index is 12.0. The van der Waals surface area contributed by atoms with Crippen LogP contribution in [0.2, 0.25) is 0 Å². The van der Waals surface area contributed by atoms with Crippen molar-refractivity contribution in [3.05, 3.63) is 59.1 Å². The highest BCUT2D eigenvalue weighted by Crippen LogP contribution is 2.27. The molecule has 6 nitrogen and oxygen atoms in total. The van der Waals surface area contributed by atoms with Crippen molar-refractivity contribution in [1.82, 2.24) is 4.98 Å². The lowest BCUT2D eigenvalue weighted by molar-refractivity contribution is 0.0465. The van der Waals surface area contributed by atoms with Crippen molar-refractivity contribution in [2.24, 2.45) is 0 Å². The normalized spacial score (nSPS) is 10.4.